The van der Waals surface area contributed by atoms with Crippen molar-refractivity contribution in [2.24, 2.45) is 0 Å². The lowest BCUT2D eigenvalue weighted by molar-refractivity contribution is -0.146. The van der Waals surface area contributed by atoms with E-state index in [9.17, 15) is 9.59 Å². The second kappa shape index (κ2) is 12.4. The van der Waals surface area contributed by atoms with E-state index in [1.165, 1.54) is 13.8 Å². The Hall–Kier alpha value is -0.648. The van der Waals surface area contributed by atoms with E-state index >= 15 is 0 Å². The predicted octanol–water partition coefficient (Wildman–Crippen LogP) is -2.30. The van der Waals surface area contributed by atoms with Gasteiger partial charge in [-0.05, 0) is 13.8 Å². The van der Waals surface area contributed by atoms with Gasteiger partial charge in [-0.3, -0.25) is 0 Å². The molecule has 0 aromatic heterocycles. The first-order valence-electron chi connectivity index (χ1n) is 3.10. The van der Waals surface area contributed by atoms with Crippen LogP contribution < -0.4 is 0 Å². The molecule has 0 bridgehead atoms. The van der Waals surface area contributed by atoms with Crippen molar-refractivity contribution in [3.05, 3.63) is 0 Å². The van der Waals surface area contributed by atoms with Crippen LogP contribution in [0.5, 0.6) is 0 Å². The van der Waals surface area contributed by atoms with Gasteiger partial charge in [0.2, 0.25) is 0 Å². The van der Waals surface area contributed by atoms with Crippen LogP contribution in [0.3, 0.4) is 0 Å². The normalized spacial score (nSPS) is 11.7. The maximum atomic E-state index is 9.45. The van der Waals surface area contributed by atoms with Gasteiger partial charge in [-0.1, -0.05) is 0 Å². The van der Waals surface area contributed by atoms with Gasteiger partial charge in [0, 0.05) is 17.4 Å². The SMILES string of the molecule is CC(O)C(=O)O.CC(O)C(=O)O.O.[Al]. The molecule has 0 aliphatic carbocycles. The van der Waals surface area contributed by atoms with Crippen molar-refractivity contribution in [1.29, 1.82) is 0 Å². The molecule has 6 N–H and O–H groups in total. The highest BCUT2D eigenvalue weighted by atomic mass is 27.0. The monoisotopic (exact) mass is 225 g/mol. The highest BCUT2D eigenvalue weighted by Crippen LogP contribution is 1.73. The van der Waals surface area contributed by atoms with Gasteiger partial charge in [-0.15, -0.1) is 0 Å². The minimum Gasteiger partial charge on any atom is -0.479 e. The van der Waals surface area contributed by atoms with Gasteiger partial charge >= 0.3 is 11.9 Å². The van der Waals surface area contributed by atoms with Crippen molar-refractivity contribution in [1.82, 2.24) is 0 Å². The van der Waals surface area contributed by atoms with E-state index in [4.69, 9.17) is 20.4 Å². The molecule has 0 aliphatic rings. The van der Waals surface area contributed by atoms with Gasteiger partial charge in [0.25, 0.3) is 0 Å². The molecular formula is C6H14AlO7. The summed E-state index contributed by atoms with van der Waals surface area (Å²) in [5, 5.41) is 31.5. The third-order valence-corrected chi connectivity index (χ3v) is 0.715. The van der Waals surface area contributed by atoms with Gasteiger partial charge in [-0.2, -0.15) is 0 Å². The van der Waals surface area contributed by atoms with Crippen LogP contribution in [0.1, 0.15) is 13.8 Å². The molecule has 0 rings (SSSR count). The van der Waals surface area contributed by atoms with Crippen molar-refractivity contribution < 1.29 is 35.5 Å². The second-order valence-corrected chi connectivity index (χ2v) is 2.03. The fraction of sp³-hybridized carbons (Fsp3) is 0.667. The molecule has 2 unspecified atom stereocenters. The van der Waals surface area contributed by atoms with Gasteiger partial charge in [0.15, 0.2) is 0 Å². The highest BCUT2D eigenvalue weighted by Gasteiger charge is 2.01. The zero-order valence-corrected chi connectivity index (χ0v) is 8.99. The first kappa shape index (κ1) is 23.3. The summed E-state index contributed by atoms with van der Waals surface area (Å²) < 4.78 is 0. The number of aliphatic hydroxyl groups is 2. The van der Waals surface area contributed by atoms with E-state index in [2.05, 4.69) is 0 Å². The number of hydrogen-bond acceptors (Lipinski definition) is 4. The quantitative estimate of drug-likeness (QED) is 0.388. The molecule has 83 valence electrons. The van der Waals surface area contributed by atoms with E-state index in [-0.39, 0.29) is 22.8 Å². The summed E-state index contributed by atoms with van der Waals surface area (Å²) in [5.41, 5.74) is 0. The van der Waals surface area contributed by atoms with Crippen LogP contribution in [0, 0.1) is 0 Å². The molecule has 0 saturated heterocycles. The average Bonchev–Trinajstić information content (AvgIpc) is 1.88. The number of carbonyl (C=O) groups is 2. The van der Waals surface area contributed by atoms with Gasteiger partial charge < -0.3 is 25.9 Å². The maximum absolute atomic E-state index is 9.45. The van der Waals surface area contributed by atoms with Gasteiger partial charge in [-0.25, -0.2) is 9.59 Å². The summed E-state index contributed by atoms with van der Waals surface area (Å²) in [4.78, 5) is 18.9. The number of rotatable bonds is 2. The van der Waals surface area contributed by atoms with Crippen LogP contribution in [0.25, 0.3) is 0 Å². The zero-order valence-electron chi connectivity index (χ0n) is 7.84. The molecule has 8 heteroatoms. The molecule has 14 heavy (non-hydrogen) atoms. The first-order chi connectivity index (χ1) is 5.29. The summed E-state index contributed by atoms with van der Waals surface area (Å²) in [6.45, 7) is 2.39. The topological polar surface area (TPSA) is 147 Å². The molecule has 2 atom stereocenters. The van der Waals surface area contributed by atoms with E-state index < -0.39 is 24.1 Å². The molecular weight excluding hydrogens is 211 g/mol. The second-order valence-electron chi connectivity index (χ2n) is 2.03. The Morgan fingerprint density at radius 2 is 1.00 bits per heavy atom. The van der Waals surface area contributed by atoms with Crippen molar-refractivity contribution in [3.8, 4) is 0 Å². The van der Waals surface area contributed by atoms with Gasteiger partial charge in [0.1, 0.15) is 12.2 Å². The molecule has 0 spiro atoms. The van der Waals surface area contributed by atoms with Crippen molar-refractivity contribution in [2.45, 2.75) is 26.1 Å². The lowest BCUT2D eigenvalue weighted by Crippen LogP contribution is -2.13. The third kappa shape index (κ3) is 22.5. The summed E-state index contributed by atoms with van der Waals surface area (Å²) in [7, 11) is 0. The van der Waals surface area contributed by atoms with Crippen LogP contribution in [0.15, 0.2) is 0 Å². The molecule has 3 radical (unpaired) electrons. The minimum absolute atomic E-state index is 0. The molecule has 7 nitrogen and oxygen atoms in total. The fourth-order valence-corrected chi connectivity index (χ4v) is 0. The Labute approximate surface area is 91.4 Å². The van der Waals surface area contributed by atoms with Crippen molar-refractivity contribution in [2.75, 3.05) is 0 Å². The first-order valence-corrected chi connectivity index (χ1v) is 3.10. The highest BCUT2D eigenvalue weighted by molar-refractivity contribution is 5.75. The molecule has 0 saturated carbocycles. The minimum atomic E-state index is -1.23. The van der Waals surface area contributed by atoms with E-state index in [1.54, 1.807) is 0 Å². The zero-order chi connectivity index (χ0) is 10.3. The molecule has 0 aromatic carbocycles. The fourth-order valence-electron chi connectivity index (χ4n) is 0. The van der Waals surface area contributed by atoms with Crippen LogP contribution in [0.2, 0.25) is 0 Å². The van der Waals surface area contributed by atoms with E-state index in [0.717, 1.165) is 0 Å². The number of carboxylic acids is 2. The smallest absolute Gasteiger partial charge is 0.332 e. The number of carboxylic acid groups (broad SMARTS) is 2. The molecule has 0 aliphatic heterocycles. The standard InChI is InChI=1S/2C3H6O3.Al.H2O/c2*1-2(4)3(5)6;;/h2*2,4H,1H3,(H,5,6);;1H2. The number of hydrogen-bond donors (Lipinski definition) is 4. The Kier molecular flexibility index (Phi) is 20.6. The summed E-state index contributed by atoms with van der Waals surface area (Å²) in [6.07, 6.45) is -2.46. The Morgan fingerprint density at radius 3 is 1.00 bits per heavy atom. The molecule has 0 fully saturated rings. The largest absolute Gasteiger partial charge is 0.479 e. The summed E-state index contributed by atoms with van der Waals surface area (Å²) in [5.74, 6) is -2.37. The molecule has 0 heterocycles. The Balaban J connectivity index is -0.0000000625. The lowest BCUT2D eigenvalue weighted by Gasteiger charge is -1.89. The number of aliphatic carboxylic acids is 2. The average molecular weight is 225 g/mol. The summed E-state index contributed by atoms with van der Waals surface area (Å²) in [6, 6.07) is 0. The number of aliphatic hydroxyl groups excluding tert-OH is 2. The van der Waals surface area contributed by atoms with E-state index in [1.807, 2.05) is 0 Å². The van der Waals surface area contributed by atoms with Crippen molar-refractivity contribution in [3.63, 3.8) is 0 Å². The van der Waals surface area contributed by atoms with Crippen molar-refractivity contribution >= 4 is 29.3 Å². The van der Waals surface area contributed by atoms with Crippen LogP contribution >= 0.6 is 0 Å². The molecule has 0 aromatic rings. The lowest BCUT2D eigenvalue weighted by atomic mass is 10.4. The van der Waals surface area contributed by atoms with Gasteiger partial charge in [0.05, 0.1) is 0 Å². The maximum Gasteiger partial charge on any atom is 0.332 e. The Morgan fingerprint density at radius 1 is 0.929 bits per heavy atom. The molecule has 0 amide bonds. The predicted molar refractivity (Wildman–Crippen MR) is 48.0 cm³/mol. The summed E-state index contributed by atoms with van der Waals surface area (Å²) >= 11 is 0. The van der Waals surface area contributed by atoms with Crippen LogP contribution in [-0.4, -0.2) is 67.4 Å². The van der Waals surface area contributed by atoms with E-state index in [0.29, 0.717) is 0 Å². The van der Waals surface area contributed by atoms with Crippen LogP contribution in [0.4, 0.5) is 0 Å². The third-order valence-electron chi connectivity index (χ3n) is 0.715. The Bertz CT molecular complexity index is 138. The van der Waals surface area contributed by atoms with Crippen LogP contribution in [-0.2, 0) is 9.59 Å².